The first-order valence-electron chi connectivity index (χ1n) is 7.74. The molecule has 0 aliphatic carbocycles. The van der Waals surface area contributed by atoms with Gasteiger partial charge in [0.2, 0.25) is 0 Å². The van der Waals surface area contributed by atoms with Gasteiger partial charge >= 0.3 is 0 Å². The molecule has 0 amide bonds. The van der Waals surface area contributed by atoms with E-state index in [1.54, 1.807) is 4.68 Å². The van der Waals surface area contributed by atoms with Gasteiger partial charge in [-0.25, -0.2) is 9.67 Å². The fourth-order valence-electron chi connectivity index (χ4n) is 2.35. The maximum atomic E-state index is 5.73. The number of pyridine rings is 1. The van der Waals surface area contributed by atoms with E-state index in [4.69, 9.17) is 9.47 Å². The summed E-state index contributed by atoms with van der Waals surface area (Å²) in [6, 6.07) is 5.89. The Morgan fingerprint density at radius 1 is 1.26 bits per heavy atom. The van der Waals surface area contributed by atoms with E-state index in [0.29, 0.717) is 19.8 Å². The third-order valence-corrected chi connectivity index (χ3v) is 3.74. The first kappa shape index (κ1) is 15.9. The van der Waals surface area contributed by atoms with Crippen molar-refractivity contribution in [3.05, 3.63) is 30.1 Å². The van der Waals surface area contributed by atoms with Crippen molar-refractivity contribution >= 4 is 11.6 Å². The van der Waals surface area contributed by atoms with Gasteiger partial charge in [-0.2, -0.15) is 0 Å². The van der Waals surface area contributed by atoms with Crippen LogP contribution in [0.1, 0.15) is 19.5 Å². The highest BCUT2D eigenvalue weighted by Crippen LogP contribution is 2.24. The summed E-state index contributed by atoms with van der Waals surface area (Å²) in [6.45, 7) is 8.12. The van der Waals surface area contributed by atoms with Gasteiger partial charge in [-0.05, 0) is 19.1 Å². The Morgan fingerprint density at radius 2 is 2.00 bits per heavy atom. The SMILES string of the molecule is Cc1cccc(N(C)c2cn(CC3OCC(C)(C)CO3)nn2)n1. The first-order valence-corrected chi connectivity index (χ1v) is 7.74. The number of hydrogen-bond donors (Lipinski definition) is 0. The molecule has 3 rings (SSSR count). The number of rotatable bonds is 4. The molecule has 0 spiro atoms. The molecule has 0 N–H and O–H groups in total. The molecule has 1 fully saturated rings. The molecule has 23 heavy (non-hydrogen) atoms. The van der Waals surface area contributed by atoms with Crippen molar-refractivity contribution < 1.29 is 9.47 Å². The smallest absolute Gasteiger partial charge is 0.177 e. The number of aryl methyl sites for hydroxylation is 1. The Bertz CT molecular complexity index is 660. The zero-order valence-electron chi connectivity index (χ0n) is 14.1. The maximum Gasteiger partial charge on any atom is 0.177 e. The van der Waals surface area contributed by atoms with Crippen LogP contribution < -0.4 is 4.90 Å². The summed E-state index contributed by atoms with van der Waals surface area (Å²) in [5, 5.41) is 8.36. The number of hydrogen-bond acceptors (Lipinski definition) is 6. The highest BCUT2D eigenvalue weighted by atomic mass is 16.7. The molecule has 0 aromatic carbocycles. The molecule has 1 aliphatic heterocycles. The highest BCUT2D eigenvalue weighted by molar-refractivity contribution is 5.53. The van der Waals surface area contributed by atoms with Crippen LogP contribution >= 0.6 is 0 Å². The van der Waals surface area contributed by atoms with Gasteiger partial charge in [-0.3, -0.25) is 0 Å². The molecule has 2 aromatic heterocycles. The lowest BCUT2D eigenvalue weighted by molar-refractivity contribution is -0.227. The highest BCUT2D eigenvalue weighted by Gasteiger charge is 2.28. The zero-order valence-corrected chi connectivity index (χ0v) is 14.1. The van der Waals surface area contributed by atoms with Gasteiger partial charge in [0.05, 0.1) is 26.0 Å². The summed E-state index contributed by atoms with van der Waals surface area (Å²) in [5.41, 5.74) is 1.04. The van der Waals surface area contributed by atoms with Crippen molar-refractivity contribution in [1.29, 1.82) is 0 Å². The third kappa shape index (κ3) is 3.86. The predicted octanol–water partition coefficient (Wildman–Crippen LogP) is 2.15. The Balaban J connectivity index is 1.64. The van der Waals surface area contributed by atoms with Crippen molar-refractivity contribution in [1.82, 2.24) is 20.0 Å². The van der Waals surface area contributed by atoms with E-state index in [-0.39, 0.29) is 11.7 Å². The second-order valence-electron chi connectivity index (χ2n) is 6.71. The third-order valence-electron chi connectivity index (χ3n) is 3.74. The minimum absolute atomic E-state index is 0.0705. The van der Waals surface area contributed by atoms with Crippen LogP contribution in [0, 0.1) is 12.3 Å². The standard InChI is InChI=1S/C16H23N5O2/c1-12-6-5-7-13(17-12)20(4)14-8-21(19-18-14)9-15-22-10-16(2,3)11-23-15/h5-8,15H,9-11H2,1-4H3. The summed E-state index contributed by atoms with van der Waals surface area (Å²) in [6.07, 6.45) is 1.59. The van der Waals surface area contributed by atoms with Crippen molar-refractivity contribution in [3.8, 4) is 0 Å². The topological polar surface area (TPSA) is 65.3 Å². The van der Waals surface area contributed by atoms with Gasteiger partial charge < -0.3 is 14.4 Å². The van der Waals surface area contributed by atoms with E-state index >= 15 is 0 Å². The van der Waals surface area contributed by atoms with Crippen molar-refractivity contribution in [3.63, 3.8) is 0 Å². The van der Waals surface area contributed by atoms with Crippen molar-refractivity contribution in [2.24, 2.45) is 5.41 Å². The summed E-state index contributed by atoms with van der Waals surface area (Å²) in [5.74, 6) is 1.57. The molecule has 0 bridgehead atoms. The van der Waals surface area contributed by atoms with Crippen LogP contribution in [-0.2, 0) is 16.0 Å². The molecule has 1 saturated heterocycles. The molecule has 0 saturated carbocycles. The molecule has 3 heterocycles. The Hall–Kier alpha value is -1.99. The second-order valence-corrected chi connectivity index (χ2v) is 6.71. The minimum atomic E-state index is -0.278. The molecule has 0 atom stereocenters. The number of nitrogens with zero attached hydrogens (tertiary/aromatic N) is 5. The van der Waals surface area contributed by atoms with Crippen LogP contribution in [0.25, 0.3) is 0 Å². The lowest BCUT2D eigenvalue weighted by Gasteiger charge is -2.34. The number of aromatic nitrogens is 4. The fraction of sp³-hybridized carbons (Fsp3) is 0.562. The van der Waals surface area contributed by atoms with E-state index in [1.165, 1.54) is 0 Å². The van der Waals surface area contributed by atoms with Crippen LogP contribution in [-0.4, -0.2) is 46.5 Å². The monoisotopic (exact) mass is 317 g/mol. The normalized spacial score (nSPS) is 18.1. The summed E-state index contributed by atoms with van der Waals surface area (Å²) in [7, 11) is 1.92. The Labute approximate surface area is 136 Å². The largest absolute Gasteiger partial charge is 0.350 e. The fourth-order valence-corrected chi connectivity index (χ4v) is 2.35. The summed E-state index contributed by atoms with van der Waals surface area (Å²) in [4.78, 5) is 6.39. The maximum absolute atomic E-state index is 5.73. The first-order chi connectivity index (χ1) is 10.9. The molecule has 1 aliphatic rings. The van der Waals surface area contributed by atoms with E-state index < -0.39 is 0 Å². The van der Waals surface area contributed by atoms with Crippen LogP contribution in [0.5, 0.6) is 0 Å². The predicted molar refractivity (Wildman–Crippen MR) is 86.5 cm³/mol. The second kappa shape index (κ2) is 6.25. The molecular formula is C16H23N5O2. The zero-order chi connectivity index (χ0) is 16.4. The van der Waals surface area contributed by atoms with E-state index in [1.807, 2.05) is 43.3 Å². The lowest BCUT2D eigenvalue weighted by atomic mass is 9.96. The Morgan fingerprint density at radius 3 is 2.70 bits per heavy atom. The average molecular weight is 317 g/mol. The molecule has 7 heteroatoms. The lowest BCUT2D eigenvalue weighted by Crippen LogP contribution is -2.39. The number of ether oxygens (including phenoxy) is 2. The molecular weight excluding hydrogens is 294 g/mol. The van der Waals surface area contributed by atoms with Crippen LogP contribution in [0.2, 0.25) is 0 Å². The van der Waals surface area contributed by atoms with Gasteiger partial charge in [0.25, 0.3) is 0 Å². The molecule has 124 valence electrons. The van der Waals surface area contributed by atoms with Gasteiger partial charge in [0.15, 0.2) is 12.1 Å². The van der Waals surface area contributed by atoms with Crippen molar-refractivity contribution in [2.45, 2.75) is 33.6 Å². The molecule has 2 aromatic rings. The van der Waals surface area contributed by atoms with Gasteiger partial charge in [0.1, 0.15) is 5.82 Å². The Kier molecular flexibility index (Phi) is 4.32. The van der Waals surface area contributed by atoms with Gasteiger partial charge in [-0.15, -0.1) is 5.10 Å². The minimum Gasteiger partial charge on any atom is -0.350 e. The van der Waals surface area contributed by atoms with E-state index in [0.717, 1.165) is 17.3 Å². The van der Waals surface area contributed by atoms with E-state index in [9.17, 15) is 0 Å². The van der Waals surface area contributed by atoms with Gasteiger partial charge in [0, 0.05) is 18.2 Å². The average Bonchev–Trinajstić information content (AvgIpc) is 2.97. The quantitative estimate of drug-likeness (QED) is 0.861. The van der Waals surface area contributed by atoms with E-state index in [2.05, 4.69) is 29.1 Å². The van der Waals surface area contributed by atoms with Crippen LogP contribution in [0.4, 0.5) is 11.6 Å². The molecule has 7 nitrogen and oxygen atoms in total. The molecule has 0 unspecified atom stereocenters. The summed E-state index contributed by atoms with van der Waals surface area (Å²) < 4.78 is 13.2. The van der Waals surface area contributed by atoms with Gasteiger partial charge in [-0.1, -0.05) is 25.1 Å². The van der Waals surface area contributed by atoms with Crippen LogP contribution in [0.15, 0.2) is 24.4 Å². The summed E-state index contributed by atoms with van der Waals surface area (Å²) >= 11 is 0. The number of anilines is 2. The van der Waals surface area contributed by atoms with Crippen LogP contribution in [0.3, 0.4) is 0 Å². The van der Waals surface area contributed by atoms with Crippen molar-refractivity contribution in [2.75, 3.05) is 25.2 Å². The molecule has 0 radical (unpaired) electrons.